The van der Waals surface area contributed by atoms with Crippen LogP contribution in [0, 0.1) is 0 Å². The van der Waals surface area contributed by atoms with Crippen LogP contribution in [0.3, 0.4) is 0 Å². The molecule has 36 heavy (non-hydrogen) atoms. The fourth-order valence-electron chi connectivity index (χ4n) is 4.33. The van der Waals surface area contributed by atoms with Gasteiger partial charge < -0.3 is 9.03 Å². The molecule has 0 atom stereocenters. The summed E-state index contributed by atoms with van der Waals surface area (Å²) in [4.78, 5) is 0. The molecular formula is C30H33F2NOSiTi+2. The summed E-state index contributed by atoms with van der Waals surface area (Å²) in [5.74, 6) is 0. The maximum atomic E-state index is 14.1. The molecule has 2 aromatic carbocycles. The Bertz CT molecular complexity index is 1260. The molecule has 0 radical (unpaired) electrons. The third kappa shape index (κ3) is 6.44. The molecule has 0 saturated carbocycles. The van der Waals surface area contributed by atoms with Crippen LogP contribution in [0.4, 0.5) is 8.78 Å². The average molecular weight is 538 g/mol. The Morgan fingerprint density at radius 2 is 1.56 bits per heavy atom. The molecule has 0 fully saturated rings. The van der Waals surface area contributed by atoms with Crippen molar-refractivity contribution < 1.29 is 35.0 Å². The van der Waals surface area contributed by atoms with E-state index < -0.39 is 14.9 Å². The maximum absolute atomic E-state index is 14.1. The quantitative estimate of drug-likeness (QED) is 0.289. The van der Waals surface area contributed by atoms with E-state index in [2.05, 4.69) is 33.4 Å². The number of allylic oxidation sites excluding steroid dienone is 7. The van der Waals surface area contributed by atoms with E-state index in [-0.39, 0.29) is 32.8 Å². The van der Waals surface area contributed by atoms with Crippen molar-refractivity contribution in [1.82, 2.24) is 4.57 Å². The van der Waals surface area contributed by atoms with Crippen molar-refractivity contribution in [1.29, 1.82) is 0 Å². The SMILES string of the molecule is C=CC=CC.CN([Si](=O)CC1=CC2=C(C1)c1ccccc1C(=C(F)F)c1ccccc12)C(C)(C)C.[Ti+2]. The van der Waals surface area contributed by atoms with E-state index in [1.165, 1.54) is 0 Å². The molecule has 2 aliphatic rings. The fraction of sp³-hybridized carbons (Fsp3) is 0.267. The topological polar surface area (TPSA) is 20.3 Å². The third-order valence-corrected chi connectivity index (χ3v) is 8.54. The standard InChI is InChI=1S/C25H25F2NOSi.C5H8.Ti/c1-25(2,3)28(4)30(29)15-16-13-21-17-9-5-7-11-19(17)23(24(26)27)20-12-8-6-10-18(20)22(21)14-16;1-3-5-4-2;/h5-13H,14-15H2,1-4H3;3-5H,1H2,2H3;/q;;+2. The smallest absolute Gasteiger partial charge is 0.375 e. The number of nitrogens with zero attached hydrogens (tertiary/aromatic N) is 1. The van der Waals surface area contributed by atoms with E-state index in [1.807, 2.05) is 55.0 Å². The monoisotopic (exact) mass is 537 g/mol. The number of hydrogen-bond donors (Lipinski definition) is 0. The van der Waals surface area contributed by atoms with E-state index >= 15 is 0 Å². The van der Waals surface area contributed by atoms with Crippen LogP contribution in [0.25, 0.3) is 16.7 Å². The molecule has 0 saturated heterocycles. The van der Waals surface area contributed by atoms with Crippen molar-refractivity contribution in [3.05, 3.63) is 113 Å². The molecule has 2 aromatic rings. The van der Waals surface area contributed by atoms with Gasteiger partial charge in [0.2, 0.25) is 0 Å². The van der Waals surface area contributed by atoms with Gasteiger partial charge in [-0.1, -0.05) is 85.0 Å². The van der Waals surface area contributed by atoms with E-state index in [0.29, 0.717) is 23.6 Å². The van der Waals surface area contributed by atoms with Crippen LogP contribution in [0.2, 0.25) is 6.04 Å². The zero-order valence-corrected chi connectivity index (χ0v) is 24.2. The van der Waals surface area contributed by atoms with Gasteiger partial charge in [-0.3, -0.25) is 0 Å². The van der Waals surface area contributed by atoms with Crippen LogP contribution >= 0.6 is 0 Å². The minimum atomic E-state index is -1.98. The second kappa shape index (κ2) is 12.7. The Kier molecular flexibility index (Phi) is 10.5. The molecule has 0 amide bonds. The normalized spacial score (nSPS) is 13.9. The number of hydrogen-bond acceptors (Lipinski definition) is 1. The predicted octanol–water partition coefficient (Wildman–Crippen LogP) is 8.29. The Hall–Kier alpha value is -2.47. The van der Waals surface area contributed by atoms with Crippen LogP contribution in [0.1, 0.15) is 56.4 Å². The molecule has 6 heteroatoms. The van der Waals surface area contributed by atoms with Crippen molar-refractivity contribution >= 4 is 25.6 Å². The Morgan fingerprint density at radius 1 is 1.03 bits per heavy atom. The zero-order chi connectivity index (χ0) is 25.8. The first kappa shape index (κ1) is 29.8. The molecule has 0 aromatic heterocycles. The summed E-state index contributed by atoms with van der Waals surface area (Å²) in [6.45, 7) is 11.6. The minimum absolute atomic E-state index is 0. The summed E-state index contributed by atoms with van der Waals surface area (Å²) < 4.78 is 43.1. The number of fused-ring (bicyclic) bond motifs is 4. The van der Waals surface area contributed by atoms with Crippen LogP contribution in [-0.2, 0) is 26.2 Å². The van der Waals surface area contributed by atoms with Gasteiger partial charge in [0.25, 0.3) is 6.08 Å². The molecule has 0 heterocycles. The van der Waals surface area contributed by atoms with Crippen molar-refractivity contribution in [3.8, 4) is 0 Å². The number of rotatable bonds is 4. The van der Waals surface area contributed by atoms with Crippen LogP contribution < -0.4 is 0 Å². The largest absolute Gasteiger partial charge is 2.00 e. The Labute approximate surface area is 230 Å². The van der Waals surface area contributed by atoms with E-state index in [1.54, 1.807) is 30.3 Å². The van der Waals surface area contributed by atoms with Gasteiger partial charge in [-0.2, -0.15) is 8.78 Å². The van der Waals surface area contributed by atoms with Gasteiger partial charge in [-0.25, -0.2) is 0 Å². The van der Waals surface area contributed by atoms with Gasteiger partial charge in [0, 0.05) is 18.6 Å². The summed E-state index contributed by atoms with van der Waals surface area (Å²) in [6.07, 6.45) is 6.61. The fourth-order valence-corrected chi connectivity index (χ4v) is 5.93. The van der Waals surface area contributed by atoms with Gasteiger partial charge >= 0.3 is 30.6 Å². The summed E-state index contributed by atoms with van der Waals surface area (Å²) in [5.41, 5.74) is 5.69. The van der Waals surface area contributed by atoms with Crippen LogP contribution in [0.15, 0.2) is 91.1 Å². The molecule has 184 valence electrons. The van der Waals surface area contributed by atoms with Crippen molar-refractivity contribution in [2.75, 3.05) is 7.05 Å². The second-order valence-corrected chi connectivity index (χ2v) is 11.5. The first-order valence-electron chi connectivity index (χ1n) is 11.8. The molecule has 4 rings (SSSR count). The number of halogens is 2. The molecule has 0 unspecified atom stereocenters. The maximum Gasteiger partial charge on any atom is 2.00 e. The van der Waals surface area contributed by atoms with Crippen molar-refractivity contribution in [3.63, 3.8) is 0 Å². The molecule has 2 aliphatic carbocycles. The summed E-state index contributed by atoms with van der Waals surface area (Å²) in [6, 6.07) is 15.2. The predicted molar refractivity (Wildman–Crippen MR) is 144 cm³/mol. The van der Waals surface area contributed by atoms with Crippen molar-refractivity contribution in [2.24, 2.45) is 0 Å². The summed E-state index contributed by atoms with van der Waals surface area (Å²) in [7, 11) is -0.0734. The minimum Gasteiger partial charge on any atom is -0.375 e. The Morgan fingerprint density at radius 3 is 2.03 bits per heavy atom. The van der Waals surface area contributed by atoms with Crippen LogP contribution in [-0.4, -0.2) is 26.0 Å². The van der Waals surface area contributed by atoms with Crippen LogP contribution in [0.5, 0.6) is 0 Å². The van der Waals surface area contributed by atoms with Crippen molar-refractivity contribution in [2.45, 2.75) is 45.7 Å². The Balaban J connectivity index is 0.000000694. The molecular weight excluding hydrogens is 504 g/mol. The van der Waals surface area contributed by atoms with Gasteiger partial charge in [-0.05, 0) is 67.5 Å². The summed E-state index contributed by atoms with van der Waals surface area (Å²) in [5, 5.41) is 0. The number of benzene rings is 2. The second-order valence-electron chi connectivity index (χ2n) is 9.66. The first-order chi connectivity index (χ1) is 16.6. The molecule has 0 N–H and O–H groups in total. The molecule has 0 spiro atoms. The molecule has 0 bridgehead atoms. The van der Waals surface area contributed by atoms with E-state index in [0.717, 1.165) is 27.8 Å². The molecule has 2 nitrogen and oxygen atoms in total. The summed E-state index contributed by atoms with van der Waals surface area (Å²) >= 11 is 0. The van der Waals surface area contributed by atoms with Gasteiger partial charge in [0.05, 0.1) is 5.57 Å². The van der Waals surface area contributed by atoms with Gasteiger partial charge in [0.15, 0.2) is 0 Å². The zero-order valence-electron chi connectivity index (χ0n) is 21.7. The first-order valence-corrected chi connectivity index (χ1v) is 13.3. The van der Waals surface area contributed by atoms with Gasteiger partial charge in [-0.15, -0.1) is 0 Å². The average Bonchev–Trinajstić information content (AvgIpc) is 3.18. The van der Waals surface area contributed by atoms with E-state index in [9.17, 15) is 13.2 Å². The van der Waals surface area contributed by atoms with Gasteiger partial charge in [0.1, 0.15) is 0 Å². The molecule has 0 aliphatic heterocycles. The third-order valence-electron chi connectivity index (χ3n) is 6.36. The van der Waals surface area contributed by atoms with E-state index in [4.69, 9.17) is 0 Å².